The third-order valence-electron chi connectivity index (χ3n) is 3.13. The van der Waals surface area contributed by atoms with E-state index in [0.29, 0.717) is 12.3 Å². The van der Waals surface area contributed by atoms with Crippen molar-refractivity contribution in [1.82, 2.24) is 15.5 Å². The van der Waals surface area contributed by atoms with Gasteiger partial charge in [0, 0.05) is 43.7 Å². The third-order valence-corrected chi connectivity index (χ3v) is 3.62. The highest BCUT2D eigenvalue weighted by Gasteiger charge is 2.09. The number of halogens is 1. The molecule has 0 atom stereocenters. The Morgan fingerprint density at radius 2 is 2.20 bits per heavy atom. The second-order valence-corrected chi connectivity index (χ2v) is 5.60. The van der Waals surface area contributed by atoms with Gasteiger partial charge in [-0.1, -0.05) is 22.0 Å². The molecule has 0 spiro atoms. The fourth-order valence-electron chi connectivity index (χ4n) is 2.04. The Morgan fingerprint density at radius 1 is 1.40 bits per heavy atom. The molecule has 1 amide bonds. The summed E-state index contributed by atoms with van der Waals surface area (Å²) in [5.74, 6) is 0.608. The molecule has 0 bridgehead atoms. The fourth-order valence-corrected chi connectivity index (χ4v) is 2.42. The van der Waals surface area contributed by atoms with Crippen molar-refractivity contribution in [3.05, 3.63) is 28.7 Å². The molecule has 20 heavy (non-hydrogen) atoms. The van der Waals surface area contributed by atoms with Gasteiger partial charge in [-0.3, -0.25) is 9.69 Å². The standard InChI is InChI=1S/C14H20BrN3O2/c15-12-2-1-3-13(10-12)20-11-14(19)17-6-9-18-7-4-16-5-8-18/h1-3,10,16H,4-9,11H2,(H,17,19). The van der Waals surface area contributed by atoms with Crippen molar-refractivity contribution >= 4 is 21.8 Å². The van der Waals surface area contributed by atoms with Gasteiger partial charge in [0.15, 0.2) is 6.61 Å². The molecule has 5 nitrogen and oxygen atoms in total. The SMILES string of the molecule is O=C(COc1cccc(Br)c1)NCCN1CCNCC1. The van der Waals surface area contributed by atoms with Gasteiger partial charge in [0.1, 0.15) is 5.75 Å². The second-order valence-electron chi connectivity index (χ2n) is 4.69. The van der Waals surface area contributed by atoms with Crippen molar-refractivity contribution in [2.24, 2.45) is 0 Å². The van der Waals surface area contributed by atoms with Crippen molar-refractivity contribution in [3.8, 4) is 5.75 Å². The van der Waals surface area contributed by atoms with Gasteiger partial charge in [-0.25, -0.2) is 0 Å². The minimum atomic E-state index is -0.0832. The molecule has 110 valence electrons. The third kappa shape index (κ3) is 5.48. The normalized spacial score (nSPS) is 15.8. The van der Waals surface area contributed by atoms with Crippen LogP contribution in [0.25, 0.3) is 0 Å². The summed E-state index contributed by atoms with van der Waals surface area (Å²) in [6, 6.07) is 7.47. The minimum Gasteiger partial charge on any atom is -0.484 e. The van der Waals surface area contributed by atoms with Crippen LogP contribution in [0.2, 0.25) is 0 Å². The van der Waals surface area contributed by atoms with Crippen LogP contribution in [0.3, 0.4) is 0 Å². The average Bonchev–Trinajstić information content (AvgIpc) is 2.46. The largest absolute Gasteiger partial charge is 0.484 e. The maximum absolute atomic E-state index is 11.7. The number of nitrogens with zero attached hydrogens (tertiary/aromatic N) is 1. The van der Waals surface area contributed by atoms with E-state index in [1.54, 1.807) is 0 Å². The van der Waals surface area contributed by atoms with Gasteiger partial charge >= 0.3 is 0 Å². The van der Waals surface area contributed by atoms with Gasteiger partial charge in [0.05, 0.1) is 0 Å². The number of amides is 1. The zero-order valence-electron chi connectivity index (χ0n) is 11.4. The molecule has 1 heterocycles. The zero-order chi connectivity index (χ0) is 14.2. The van der Waals surface area contributed by atoms with Crippen LogP contribution in [0.1, 0.15) is 0 Å². The molecule has 0 unspecified atom stereocenters. The molecule has 2 N–H and O–H groups in total. The molecule has 0 aromatic heterocycles. The molecule has 2 rings (SSSR count). The maximum Gasteiger partial charge on any atom is 0.257 e. The van der Waals surface area contributed by atoms with Crippen LogP contribution < -0.4 is 15.4 Å². The molecular weight excluding hydrogens is 322 g/mol. The van der Waals surface area contributed by atoms with Crippen LogP contribution in [0, 0.1) is 0 Å². The van der Waals surface area contributed by atoms with Gasteiger partial charge in [-0.2, -0.15) is 0 Å². The molecule has 1 aliphatic rings. The summed E-state index contributed by atoms with van der Waals surface area (Å²) in [5.41, 5.74) is 0. The van der Waals surface area contributed by atoms with Gasteiger partial charge in [0.2, 0.25) is 0 Å². The highest BCUT2D eigenvalue weighted by Crippen LogP contribution is 2.17. The highest BCUT2D eigenvalue weighted by atomic mass is 79.9. The van der Waals surface area contributed by atoms with Gasteiger partial charge < -0.3 is 15.4 Å². The fraction of sp³-hybridized carbons (Fsp3) is 0.500. The van der Waals surface area contributed by atoms with Crippen molar-refractivity contribution in [1.29, 1.82) is 0 Å². The quantitative estimate of drug-likeness (QED) is 0.805. The first kappa shape index (κ1) is 15.3. The van der Waals surface area contributed by atoms with E-state index in [1.807, 2.05) is 24.3 Å². The van der Waals surface area contributed by atoms with Gasteiger partial charge in [0.25, 0.3) is 5.91 Å². The van der Waals surface area contributed by atoms with Crippen molar-refractivity contribution < 1.29 is 9.53 Å². The molecule has 0 radical (unpaired) electrons. The molecule has 0 saturated carbocycles. The predicted octanol–water partition coefficient (Wildman–Crippen LogP) is 0.849. The molecule has 1 aromatic carbocycles. The number of hydrogen-bond acceptors (Lipinski definition) is 4. The van der Waals surface area contributed by atoms with Crippen molar-refractivity contribution in [2.45, 2.75) is 0 Å². The lowest BCUT2D eigenvalue weighted by atomic mass is 10.3. The number of ether oxygens (including phenoxy) is 1. The Balaban J connectivity index is 1.60. The Morgan fingerprint density at radius 3 is 2.95 bits per heavy atom. The van der Waals surface area contributed by atoms with E-state index in [-0.39, 0.29) is 12.5 Å². The van der Waals surface area contributed by atoms with Crippen LogP contribution in [0.4, 0.5) is 0 Å². The minimum absolute atomic E-state index is 0.0536. The van der Waals surface area contributed by atoms with Gasteiger partial charge in [-0.15, -0.1) is 0 Å². The number of carbonyl (C=O) groups excluding carboxylic acids is 1. The Bertz CT molecular complexity index is 436. The summed E-state index contributed by atoms with van der Waals surface area (Å²) in [6.45, 7) is 5.76. The van der Waals surface area contributed by atoms with E-state index in [0.717, 1.165) is 37.2 Å². The summed E-state index contributed by atoms with van der Waals surface area (Å²) < 4.78 is 6.36. The summed E-state index contributed by atoms with van der Waals surface area (Å²) in [6.07, 6.45) is 0. The Hall–Kier alpha value is -1.11. The van der Waals surface area contributed by atoms with Gasteiger partial charge in [-0.05, 0) is 18.2 Å². The van der Waals surface area contributed by atoms with Crippen LogP contribution in [0.15, 0.2) is 28.7 Å². The maximum atomic E-state index is 11.7. The van der Waals surface area contributed by atoms with Crippen molar-refractivity contribution in [2.75, 3.05) is 45.9 Å². The summed E-state index contributed by atoms with van der Waals surface area (Å²) in [4.78, 5) is 14.0. The first-order valence-electron chi connectivity index (χ1n) is 6.82. The van der Waals surface area contributed by atoms with Crippen LogP contribution >= 0.6 is 15.9 Å². The lowest BCUT2D eigenvalue weighted by molar-refractivity contribution is -0.123. The molecule has 6 heteroatoms. The first-order chi connectivity index (χ1) is 9.74. The number of benzene rings is 1. The number of rotatable bonds is 6. The Labute approximate surface area is 127 Å². The molecule has 1 fully saturated rings. The van der Waals surface area contributed by atoms with E-state index in [1.165, 1.54) is 0 Å². The van der Waals surface area contributed by atoms with Crippen LogP contribution in [0.5, 0.6) is 5.75 Å². The monoisotopic (exact) mass is 341 g/mol. The van der Waals surface area contributed by atoms with E-state index in [2.05, 4.69) is 31.5 Å². The number of piperazine rings is 1. The Kier molecular flexibility index (Phi) is 6.29. The number of hydrogen-bond donors (Lipinski definition) is 2. The van der Waals surface area contributed by atoms with Crippen molar-refractivity contribution in [3.63, 3.8) is 0 Å². The first-order valence-corrected chi connectivity index (χ1v) is 7.61. The zero-order valence-corrected chi connectivity index (χ0v) is 13.0. The van der Waals surface area contributed by atoms with E-state index in [4.69, 9.17) is 4.74 Å². The molecule has 1 aliphatic heterocycles. The smallest absolute Gasteiger partial charge is 0.257 e. The lowest BCUT2D eigenvalue weighted by Crippen LogP contribution is -2.46. The lowest BCUT2D eigenvalue weighted by Gasteiger charge is -2.27. The topological polar surface area (TPSA) is 53.6 Å². The summed E-state index contributed by atoms with van der Waals surface area (Å²) in [7, 11) is 0. The van der Waals surface area contributed by atoms with Crippen LogP contribution in [-0.4, -0.2) is 56.7 Å². The summed E-state index contributed by atoms with van der Waals surface area (Å²) in [5, 5.41) is 6.18. The van der Waals surface area contributed by atoms with E-state index < -0.39 is 0 Å². The van der Waals surface area contributed by atoms with E-state index >= 15 is 0 Å². The second kappa shape index (κ2) is 8.24. The molecule has 0 aliphatic carbocycles. The highest BCUT2D eigenvalue weighted by molar-refractivity contribution is 9.10. The molecule has 1 aromatic rings. The predicted molar refractivity (Wildman–Crippen MR) is 82.0 cm³/mol. The van der Waals surface area contributed by atoms with Crippen LogP contribution in [-0.2, 0) is 4.79 Å². The molecule has 1 saturated heterocycles. The average molecular weight is 342 g/mol. The number of carbonyl (C=O) groups is 1. The molecular formula is C14H20BrN3O2. The van der Waals surface area contributed by atoms with E-state index in [9.17, 15) is 4.79 Å². The summed E-state index contributed by atoms with van der Waals surface area (Å²) >= 11 is 3.36. The number of nitrogens with one attached hydrogen (secondary N) is 2.